The largest absolute Gasteiger partial charge is 0.481 e. The summed E-state index contributed by atoms with van der Waals surface area (Å²) in [4.78, 5) is 37.9. The predicted molar refractivity (Wildman–Crippen MR) is 163 cm³/mol. The number of carboxylic acid groups (broad SMARTS) is 1. The minimum absolute atomic E-state index is 0.0210. The van der Waals surface area contributed by atoms with Gasteiger partial charge in [-0.1, -0.05) is 89.9 Å². The highest BCUT2D eigenvalue weighted by Gasteiger charge is 2.28. The first-order valence-corrected chi connectivity index (χ1v) is 14.2. The molecule has 4 aromatic rings. The number of ketones is 1. The van der Waals surface area contributed by atoms with E-state index in [2.05, 4.69) is 10.6 Å². The summed E-state index contributed by atoms with van der Waals surface area (Å²) in [6, 6.07) is 27.5. The van der Waals surface area contributed by atoms with Gasteiger partial charge in [-0.25, -0.2) is 4.79 Å². The lowest BCUT2D eigenvalue weighted by Crippen LogP contribution is -2.41. The maximum Gasteiger partial charge on any atom is 0.315 e. The zero-order valence-electron chi connectivity index (χ0n) is 22.5. The van der Waals surface area contributed by atoms with Crippen LogP contribution in [0, 0.1) is 5.92 Å². The van der Waals surface area contributed by atoms with Crippen LogP contribution in [0.2, 0.25) is 10.0 Å². The molecule has 0 aromatic heterocycles. The van der Waals surface area contributed by atoms with Crippen molar-refractivity contribution in [2.24, 2.45) is 5.92 Å². The molecule has 42 heavy (non-hydrogen) atoms. The van der Waals surface area contributed by atoms with Crippen molar-refractivity contribution >= 4 is 41.0 Å². The molecule has 3 N–H and O–H groups in total. The molecule has 214 valence electrons. The number of aliphatic carboxylic acids is 1. The van der Waals surface area contributed by atoms with Gasteiger partial charge < -0.3 is 20.5 Å². The zero-order valence-corrected chi connectivity index (χ0v) is 24.0. The highest BCUT2D eigenvalue weighted by molar-refractivity contribution is 6.40. The van der Waals surface area contributed by atoms with E-state index in [9.17, 15) is 19.5 Å². The Labute approximate surface area is 253 Å². The lowest BCUT2D eigenvalue weighted by molar-refractivity contribution is -0.141. The van der Waals surface area contributed by atoms with E-state index in [4.69, 9.17) is 27.9 Å². The average Bonchev–Trinajstić information content (AvgIpc) is 3.40. The highest BCUT2D eigenvalue weighted by atomic mass is 35.5. The Balaban J connectivity index is 1.25. The Kier molecular flexibility index (Phi) is 9.10. The van der Waals surface area contributed by atoms with Crippen LogP contribution in [0.1, 0.15) is 40.4 Å². The zero-order chi connectivity index (χ0) is 29.6. The van der Waals surface area contributed by atoms with Gasteiger partial charge in [0.1, 0.15) is 11.5 Å². The summed E-state index contributed by atoms with van der Waals surface area (Å²) in [5.41, 5.74) is 4.15. The smallest absolute Gasteiger partial charge is 0.315 e. The van der Waals surface area contributed by atoms with Crippen molar-refractivity contribution in [2.45, 2.75) is 25.3 Å². The average molecular weight is 604 g/mol. The van der Waals surface area contributed by atoms with Gasteiger partial charge in [-0.2, -0.15) is 0 Å². The third-order valence-electron chi connectivity index (χ3n) is 7.23. The van der Waals surface area contributed by atoms with Gasteiger partial charge >= 0.3 is 12.0 Å². The quantitative estimate of drug-likeness (QED) is 0.161. The van der Waals surface area contributed by atoms with Crippen LogP contribution in [0.15, 0.2) is 91.0 Å². The first kappa shape index (κ1) is 29.2. The first-order chi connectivity index (χ1) is 20.3. The van der Waals surface area contributed by atoms with Gasteiger partial charge in [-0.15, -0.1) is 0 Å². The Bertz CT molecular complexity index is 1630. The van der Waals surface area contributed by atoms with Crippen LogP contribution in [0.4, 0.5) is 4.79 Å². The molecular formula is C33H28Cl2N2O5. The van der Waals surface area contributed by atoms with E-state index in [0.717, 1.165) is 29.5 Å². The molecule has 0 saturated heterocycles. The third-order valence-corrected chi connectivity index (χ3v) is 7.92. The number of halogens is 2. The minimum atomic E-state index is -1.23. The molecule has 2 atom stereocenters. The molecule has 5 rings (SSSR count). The van der Waals surface area contributed by atoms with Crippen LogP contribution in [0.25, 0.3) is 11.1 Å². The van der Waals surface area contributed by atoms with Crippen molar-refractivity contribution in [3.63, 3.8) is 0 Å². The fourth-order valence-electron chi connectivity index (χ4n) is 5.07. The molecule has 0 fully saturated rings. The Morgan fingerprint density at radius 3 is 2.43 bits per heavy atom. The fourth-order valence-corrected chi connectivity index (χ4v) is 5.69. The van der Waals surface area contributed by atoms with Gasteiger partial charge in [0, 0.05) is 13.0 Å². The van der Waals surface area contributed by atoms with E-state index >= 15 is 0 Å². The maximum absolute atomic E-state index is 13.3. The van der Waals surface area contributed by atoms with Crippen LogP contribution in [-0.4, -0.2) is 29.4 Å². The van der Waals surface area contributed by atoms with Crippen LogP contribution < -0.4 is 15.4 Å². The van der Waals surface area contributed by atoms with Gasteiger partial charge in [-0.05, 0) is 59.4 Å². The molecule has 2 amide bonds. The number of urea groups is 1. The van der Waals surface area contributed by atoms with Crippen molar-refractivity contribution in [2.75, 3.05) is 6.54 Å². The minimum Gasteiger partial charge on any atom is -0.481 e. The normalized spacial score (nSPS) is 14.5. The van der Waals surface area contributed by atoms with Gasteiger partial charge in [0.25, 0.3) is 0 Å². The maximum atomic E-state index is 13.3. The number of carbonyl (C=O) groups is 3. The molecule has 0 bridgehead atoms. The molecule has 4 aromatic carbocycles. The summed E-state index contributed by atoms with van der Waals surface area (Å²) in [5.74, 6) is -2.29. The number of amides is 2. The highest BCUT2D eigenvalue weighted by Crippen LogP contribution is 2.38. The first-order valence-electron chi connectivity index (χ1n) is 13.5. The molecule has 1 aliphatic carbocycles. The number of ether oxygens (including phenoxy) is 1. The van der Waals surface area contributed by atoms with Crippen molar-refractivity contribution in [1.82, 2.24) is 10.6 Å². The summed E-state index contributed by atoms with van der Waals surface area (Å²) in [6.45, 7) is -0.251. The number of Topliss-reactive ketones (excluding diaryl/α,β-unsaturated/α-hetero) is 1. The van der Waals surface area contributed by atoms with Gasteiger partial charge in [0.05, 0.1) is 27.6 Å². The number of hydrogen-bond donors (Lipinski definition) is 3. The lowest BCUT2D eigenvalue weighted by Gasteiger charge is -2.18. The van der Waals surface area contributed by atoms with Crippen LogP contribution in [0.3, 0.4) is 0 Å². The second-order valence-electron chi connectivity index (χ2n) is 10.0. The SMILES string of the molecule is O=C(NCC(CC(=O)c1c(Cl)ccc(Oc2cccc(-c3ccccc3)c2)c1Cl)C(=O)O)NC1CCc2ccccc21. The topological polar surface area (TPSA) is 105 Å². The molecule has 0 radical (unpaired) electrons. The number of carbonyl (C=O) groups excluding carboxylic acids is 2. The molecular weight excluding hydrogens is 575 g/mol. The van der Waals surface area contributed by atoms with Gasteiger partial charge in [-0.3, -0.25) is 9.59 Å². The fraction of sp³-hybridized carbons (Fsp3) is 0.182. The Hall–Kier alpha value is -4.33. The number of benzene rings is 4. The van der Waals surface area contributed by atoms with E-state index in [1.165, 1.54) is 11.6 Å². The third kappa shape index (κ3) is 6.75. The number of carboxylic acids is 1. The second-order valence-corrected chi connectivity index (χ2v) is 10.8. The molecule has 0 heterocycles. The molecule has 2 unspecified atom stereocenters. The number of aryl methyl sites for hydroxylation is 1. The standard InChI is InChI=1S/C33H28Cl2N2O5/c34-26-14-16-29(42-24-11-6-10-22(17-24)20-7-2-1-3-8-20)31(35)30(26)28(38)18-23(32(39)40)19-36-33(41)37-27-15-13-21-9-4-5-12-25(21)27/h1-12,14,16-17,23,27H,13,15,18-19H2,(H,39,40)(H2,36,37,41). The van der Waals surface area contributed by atoms with E-state index in [0.29, 0.717) is 5.75 Å². The number of hydrogen-bond acceptors (Lipinski definition) is 4. The lowest BCUT2D eigenvalue weighted by atomic mass is 9.97. The monoisotopic (exact) mass is 602 g/mol. The van der Waals surface area contributed by atoms with Crippen LogP contribution >= 0.6 is 23.2 Å². The summed E-state index contributed by atoms with van der Waals surface area (Å²) < 4.78 is 6.01. The van der Waals surface area contributed by atoms with E-state index in [1.54, 1.807) is 12.1 Å². The second kappa shape index (κ2) is 13.1. The number of nitrogens with one attached hydrogen (secondary N) is 2. The molecule has 1 aliphatic rings. The molecule has 9 heteroatoms. The summed E-state index contributed by atoms with van der Waals surface area (Å²) in [5, 5.41) is 15.3. The van der Waals surface area contributed by atoms with E-state index in [1.807, 2.05) is 72.8 Å². The van der Waals surface area contributed by atoms with Crippen molar-refractivity contribution in [3.05, 3.63) is 118 Å². The van der Waals surface area contributed by atoms with Crippen molar-refractivity contribution in [3.8, 4) is 22.6 Å². The van der Waals surface area contributed by atoms with Crippen molar-refractivity contribution < 1.29 is 24.2 Å². The summed E-state index contributed by atoms with van der Waals surface area (Å²) in [7, 11) is 0. The molecule has 7 nitrogen and oxygen atoms in total. The summed E-state index contributed by atoms with van der Waals surface area (Å²) in [6.07, 6.45) is 1.20. The molecule has 0 saturated carbocycles. The van der Waals surface area contributed by atoms with Crippen LogP contribution in [0.5, 0.6) is 11.5 Å². The van der Waals surface area contributed by atoms with E-state index < -0.39 is 30.1 Å². The van der Waals surface area contributed by atoms with Gasteiger partial charge in [0.2, 0.25) is 0 Å². The molecule has 0 aliphatic heterocycles. The number of fused-ring (bicyclic) bond motifs is 1. The molecule has 0 spiro atoms. The van der Waals surface area contributed by atoms with Gasteiger partial charge in [0.15, 0.2) is 5.78 Å². The predicted octanol–water partition coefficient (Wildman–Crippen LogP) is 7.71. The van der Waals surface area contributed by atoms with E-state index in [-0.39, 0.29) is 33.9 Å². The summed E-state index contributed by atoms with van der Waals surface area (Å²) >= 11 is 12.9. The van der Waals surface area contributed by atoms with Crippen LogP contribution in [-0.2, 0) is 11.2 Å². The van der Waals surface area contributed by atoms with Crippen molar-refractivity contribution in [1.29, 1.82) is 0 Å². The Morgan fingerprint density at radius 1 is 0.905 bits per heavy atom. The Morgan fingerprint density at radius 2 is 1.64 bits per heavy atom. The number of rotatable bonds is 10.